The first-order valence-corrected chi connectivity index (χ1v) is 14.5. The van der Waals surface area contributed by atoms with E-state index in [1.807, 2.05) is 19.1 Å². The summed E-state index contributed by atoms with van der Waals surface area (Å²) in [6.07, 6.45) is 0.555. The molecule has 38 heavy (non-hydrogen) atoms. The predicted molar refractivity (Wildman–Crippen MR) is 152 cm³/mol. The van der Waals surface area contributed by atoms with Gasteiger partial charge in [0.05, 0.1) is 10.6 Å². The number of carbonyl (C=O) groups is 2. The third-order valence-corrected chi connectivity index (χ3v) is 8.64. The van der Waals surface area contributed by atoms with Gasteiger partial charge in [0, 0.05) is 28.7 Å². The number of para-hydroxylation sites is 1. The van der Waals surface area contributed by atoms with Crippen molar-refractivity contribution in [3.05, 3.63) is 94.0 Å². The molecule has 3 aromatic carbocycles. The maximum atomic E-state index is 13.9. The molecule has 10 heteroatoms. The van der Waals surface area contributed by atoms with Gasteiger partial charge in [0.2, 0.25) is 11.8 Å². The number of nitrogens with one attached hydrogen (secondary N) is 1. The summed E-state index contributed by atoms with van der Waals surface area (Å²) >= 11 is 12.8. The molecule has 0 fully saturated rings. The van der Waals surface area contributed by atoms with Gasteiger partial charge in [-0.3, -0.25) is 13.9 Å². The molecule has 202 valence electrons. The molecule has 0 unspecified atom stereocenters. The lowest BCUT2D eigenvalue weighted by Gasteiger charge is -2.32. The molecular formula is C28H31Cl2N3O4S. The smallest absolute Gasteiger partial charge is 0.264 e. The van der Waals surface area contributed by atoms with Crippen LogP contribution in [0.1, 0.15) is 31.9 Å². The number of hydrogen-bond donors (Lipinski definition) is 1. The molecule has 0 radical (unpaired) electrons. The minimum absolute atomic E-state index is 0.0520. The normalized spacial score (nSPS) is 12.0. The van der Waals surface area contributed by atoms with Gasteiger partial charge >= 0.3 is 0 Å². The zero-order valence-electron chi connectivity index (χ0n) is 21.5. The van der Waals surface area contributed by atoms with E-state index in [4.69, 9.17) is 23.2 Å². The summed E-state index contributed by atoms with van der Waals surface area (Å²) < 4.78 is 28.8. The first kappa shape index (κ1) is 29.5. The minimum atomic E-state index is -4.13. The van der Waals surface area contributed by atoms with Gasteiger partial charge in [-0.2, -0.15) is 0 Å². The molecule has 1 atom stereocenters. The van der Waals surface area contributed by atoms with Crippen LogP contribution in [-0.2, 0) is 32.6 Å². The second-order valence-electron chi connectivity index (χ2n) is 8.60. The van der Waals surface area contributed by atoms with E-state index in [-0.39, 0.29) is 17.3 Å². The Kier molecular flexibility index (Phi) is 10.2. The van der Waals surface area contributed by atoms with Gasteiger partial charge in [-0.25, -0.2) is 8.42 Å². The average Bonchev–Trinajstić information content (AvgIpc) is 2.91. The molecule has 0 bridgehead atoms. The van der Waals surface area contributed by atoms with Gasteiger partial charge in [0.1, 0.15) is 12.6 Å². The van der Waals surface area contributed by atoms with Gasteiger partial charge in [-0.15, -0.1) is 0 Å². The molecular weight excluding hydrogens is 545 g/mol. The highest BCUT2D eigenvalue weighted by molar-refractivity contribution is 7.92. The zero-order valence-corrected chi connectivity index (χ0v) is 23.9. The first-order chi connectivity index (χ1) is 18.1. The fourth-order valence-corrected chi connectivity index (χ4v) is 6.03. The first-order valence-electron chi connectivity index (χ1n) is 12.3. The van der Waals surface area contributed by atoms with Crippen LogP contribution in [0.4, 0.5) is 5.69 Å². The highest BCUT2D eigenvalue weighted by Crippen LogP contribution is 2.30. The molecule has 0 saturated heterocycles. The third-order valence-electron chi connectivity index (χ3n) is 6.16. The average molecular weight is 577 g/mol. The van der Waals surface area contributed by atoms with Gasteiger partial charge in [-0.05, 0) is 56.2 Å². The maximum Gasteiger partial charge on any atom is 0.264 e. The summed E-state index contributed by atoms with van der Waals surface area (Å²) in [5, 5.41) is 3.40. The van der Waals surface area contributed by atoms with Crippen LogP contribution in [0, 0.1) is 0 Å². The number of halogens is 2. The van der Waals surface area contributed by atoms with Crippen molar-refractivity contribution in [3.63, 3.8) is 0 Å². The highest BCUT2D eigenvalue weighted by Gasteiger charge is 2.33. The fraction of sp³-hybridized carbons (Fsp3) is 0.286. The highest BCUT2D eigenvalue weighted by atomic mass is 35.5. The molecule has 3 rings (SSSR count). The predicted octanol–water partition coefficient (Wildman–Crippen LogP) is 5.30. The Hall–Kier alpha value is -3.07. The molecule has 0 spiro atoms. The number of hydrogen-bond acceptors (Lipinski definition) is 4. The van der Waals surface area contributed by atoms with E-state index in [9.17, 15) is 18.0 Å². The Labute approximate surface area is 234 Å². The number of aryl methyl sites for hydroxylation is 1. The third kappa shape index (κ3) is 6.67. The van der Waals surface area contributed by atoms with Crippen LogP contribution in [0.15, 0.2) is 77.7 Å². The Morgan fingerprint density at radius 2 is 1.50 bits per heavy atom. The molecule has 3 aromatic rings. The van der Waals surface area contributed by atoms with Crippen molar-refractivity contribution in [1.82, 2.24) is 10.2 Å². The molecule has 0 aliphatic carbocycles. The van der Waals surface area contributed by atoms with Gasteiger partial charge in [0.15, 0.2) is 0 Å². The van der Waals surface area contributed by atoms with Crippen LogP contribution in [-0.4, -0.2) is 44.3 Å². The van der Waals surface area contributed by atoms with E-state index in [2.05, 4.69) is 5.32 Å². The number of sulfonamides is 1. The lowest BCUT2D eigenvalue weighted by molar-refractivity contribution is -0.139. The summed E-state index contributed by atoms with van der Waals surface area (Å²) in [6.45, 7) is 5.04. The molecule has 7 nitrogen and oxygen atoms in total. The summed E-state index contributed by atoms with van der Waals surface area (Å²) in [6, 6.07) is 19.0. The summed E-state index contributed by atoms with van der Waals surface area (Å²) in [5.41, 5.74) is 1.62. The van der Waals surface area contributed by atoms with Crippen molar-refractivity contribution in [2.45, 2.75) is 44.7 Å². The minimum Gasteiger partial charge on any atom is -0.355 e. The van der Waals surface area contributed by atoms with Gasteiger partial charge < -0.3 is 10.2 Å². The SMILES string of the molecule is CCNC(=O)[C@H](C)N(Cc1c(Cl)cccc1Cl)C(=O)CN(c1ccccc1CC)S(=O)(=O)c1ccccc1. The monoisotopic (exact) mass is 575 g/mol. The van der Waals surface area contributed by atoms with Crippen LogP contribution in [0.5, 0.6) is 0 Å². The molecule has 0 heterocycles. The van der Waals surface area contributed by atoms with Crippen molar-refractivity contribution in [1.29, 1.82) is 0 Å². The second kappa shape index (κ2) is 13.1. The summed E-state index contributed by atoms with van der Waals surface area (Å²) in [5.74, 6) is -0.958. The van der Waals surface area contributed by atoms with Crippen LogP contribution in [0.3, 0.4) is 0 Å². The molecule has 0 aromatic heterocycles. The standard InChI is InChI=1S/C28H31Cl2N3O4S/c1-4-21-12-9-10-17-26(21)33(38(36,37)22-13-7-6-8-14-22)19-27(34)32(20(3)28(35)31-5-2)18-23-24(29)15-11-16-25(23)30/h6-17,20H,4-5,18-19H2,1-3H3,(H,31,35)/t20-/m0/s1. The van der Waals surface area contributed by atoms with Crippen LogP contribution < -0.4 is 9.62 Å². The van der Waals surface area contributed by atoms with E-state index >= 15 is 0 Å². The van der Waals surface area contributed by atoms with Crippen molar-refractivity contribution >= 4 is 50.7 Å². The van der Waals surface area contributed by atoms with Gasteiger partial charge in [0.25, 0.3) is 10.0 Å². The number of likely N-dealkylation sites (N-methyl/N-ethyl adjacent to an activating group) is 1. The maximum absolute atomic E-state index is 13.9. The van der Waals surface area contributed by atoms with Gasteiger partial charge in [-0.1, -0.05) is 72.6 Å². The Bertz CT molecular complexity index is 1360. The van der Waals surface area contributed by atoms with Crippen molar-refractivity contribution in [2.24, 2.45) is 0 Å². The Morgan fingerprint density at radius 1 is 0.895 bits per heavy atom. The number of amides is 2. The van der Waals surface area contributed by atoms with Crippen molar-refractivity contribution in [3.8, 4) is 0 Å². The molecule has 0 aliphatic heterocycles. The number of benzene rings is 3. The largest absolute Gasteiger partial charge is 0.355 e. The lowest BCUT2D eigenvalue weighted by atomic mass is 10.1. The fourth-order valence-electron chi connectivity index (χ4n) is 4.04. The van der Waals surface area contributed by atoms with Crippen molar-refractivity contribution < 1.29 is 18.0 Å². The quantitative estimate of drug-likeness (QED) is 0.336. The summed E-state index contributed by atoms with van der Waals surface area (Å²) in [4.78, 5) is 28.1. The zero-order chi connectivity index (χ0) is 27.9. The van der Waals surface area contributed by atoms with Crippen LogP contribution >= 0.6 is 23.2 Å². The van der Waals surface area contributed by atoms with E-state index in [0.717, 1.165) is 9.87 Å². The summed E-state index contributed by atoms with van der Waals surface area (Å²) in [7, 11) is -4.13. The molecule has 0 aliphatic rings. The molecule has 2 amide bonds. The van der Waals surface area contributed by atoms with Crippen LogP contribution in [0.25, 0.3) is 0 Å². The number of carbonyl (C=O) groups excluding carboxylic acids is 2. The molecule has 0 saturated carbocycles. The van der Waals surface area contributed by atoms with Crippen LogP contribution in [0.2, 0.25) is 10.0 Å². The number of rotatable bonds is 11. The van der Waals surface area contributed by atoms with E-state index < -0.39 is 28.5 Å². The Morgan fingerprint density at radius 3 is 2.11 bits per heavy atom. The Balaban J connectivity index is 2.09. The van der Waals surface area contributed by atoms with E-state index in [0.29, 0.717) is 34.3 Å². The van der Waals surface area contributed by atoms with E-state index in [1.165, 1.54) is 17.0 Å². The second-order valence-corrected chi connectivity index (χ2v) is 11.3. The molecule has 1 N–H and O–H groups in total. The topological polar surface area (TPSA) is 86.8 Å². The van der Waals surface area contributed by atoms with E-state index in [1.54, 1.807) is 62.4 Å². The van der Waals surface area contributed by atoms with Crippen molar-refractivity contribution in [2.75, 3.05) is 17.4 Å². The lowest BCUT2D eigenvalue weighted by Crippen LogP contribution is -2.51. The number of nitrogens with zero attached hydrogens (tertiary/aromatic N) is 2. The number of anilines is 1.